The van der Waals surface area contributed by atoms with Gasteiger partial charge in [0.05, 0.1) is 0 Å². The van der Waals surface area contributed by atoms with E-state index in [9.17, 15) is 4.79 Å². The molecular formula is C18H37NO2. The summed E-state index contributed by atoms with van der Waals surface area (Å²) in [5.74, 6) is -0.0768. The van der Waals surface area contributed by atoms with Crippen LogP contribution in [0.5, 0.6) is 0 Å². The van der Waals surface area contributed by atoms with Gasteiger partial charge in [-0.05, 0) is 19.3 Å². The number of esters is 1. The normalized spacial score (nSPS) is 11.6. The number of rotatable bonds is 14. The zero-order valence-corrected chi connectivity index (χ0v) is 14.6. The Balaban J connectivity index is 3.58. The molecule has 2 N–H and O–H groups in total. The van der Waals surface area contributed by atoms with Crippen LogP contribution in [0.3, 0.4) is 0 Å². The summed E-state index contributed by atoms with van der Waals surface area (Å²) in [7, 11) is 0. The fourth-order valence-corrected chi connectivity index (χ4v) is 2.60. The molecule has 0 spiro atoms. The van der Waals surface area contributed by atoms with Crippen LogP contribution in [-0.2, 0) is 9.53 Å². The number of carbonyl (C=O) groups excluding carboxylic acids is 1. The molecule has 0 bridgehead atoms. The predicted molar refractivity (Wildman–Crippen MR) is 90.3 cm³/mol. The Labute approximate surface area is 132 Å². The Morgan fingerprint density at radius 2 is 1.33 bits per heavy atom. The van der Waals surface area contributed by atoms with Crippen molar-refractivity contribution in [3.05, 3.63) is 0 Å². The minimum Gasteiger partial charge on any atom is -0.458 e. The molecule has 0 fully saturated rings. The highest BCUT2D eigenvalue weighted by molar-refractivity contribution is 5.69. The first-order valence-corrected chi connectivity index (χ1v) is 9.06. The van der Waals surface area contributed by atoms with Crippen molar-refractivity contribution in [2.24, 2.45) is 5.73 Å². The first-order chi connectivity index (χ1) is 10.1. The van der Waals surface area contributed by atoms with Crippen molar-refractivity contribution in [2.45, 2.75) is 103 Å². The fraction of sp³-hybridized carbons (Fsp3) is 0.944. The van der Waals surface area contributed by atoms with Gasteiger partial charge in [-0.15, -0.1) is 0 Å². The molecule has 0 aliphatic rings. The average Bonchev–Trinajstić information content (AvgIpc) is 2.51. The van der Waals surface area contributed by atoms with Gasteiger partial charge in [-0.3, -0.25) is 4.79 Å². The van der Waals surface area contributed by atoms with E-state index < -0.39 is 5.60 Å². The van der Waals surface area contributed by atoms with Gasteiger partial charge in [0.1, 0.15) is 5.60 Å². The van der Waals surface area contributed by atoms with Crippen LogP contribution < -0.4 is 5.73 Å². The van der Waals surface area contributed by atoms with Crippen molar-refractivity contribution in [3.63, 3.8) is 0 Å². The highest BCUT2D eigenvalue weighted by Gasteiger charge is 2.28. The van der Waals surface area contributed by atoms with Crippen molar-refractivity contribution in [1.82, 2.24) is 0 Å². The van der Waals surface area contributed by atoms with Crippen LogP contribution in [0.25, 0.3) is 0 Å². The molecule has 3 nitrogen and oxygen atoms in total. The van der Waals surface area contributed by atoms with Gasteiger partial charge in [0.15, 0.2) is 0 Å². The van der Waals surface area contributed by atoms with Gasteiger partial charge in [-0.1, -0.05) is 72.1 Å². The molecule has 0 rings (SSSR count). The quantitative estimate of drug-likeness (QED) is 0.364. The van der Waals surface area contributed by atoms with E-state index in [0.29, 0.717) is 13.0 Å². The SMILES string of the molecule is CCCCCCCCCCCC(=O)OC(CC)(CC)CN. The summed E-state index contributed by atoms with van der Waals surface area (Å²) in [6.45, 7) is 6.73. The molecule has 0 atom stereocenters. The van der Waals surface area contributed by atoms with Crippen LogP contribution in [0.2, 0.25) is 0 Å². The minimum absolute atomic E-state index is 0.0768. The fourth-order valence-electron chi connectivity index (χ4n) is 2.60. The molecule has 126 valence electrons. The number of hydrogen-bond donors (Lipinski definition) is 1. The first-order valence-electron chi connectivity index (χ1n) is 9.06. The van der Waals surface area contributed by atoms with Crippen molar-refractivity contribution < 1.29 is 9.53 Å². The first kappa shape index (κ1) is 20.4. The van der Waals surface area contributed by atoms with Gasteiger partial charge in [-0.25, -0.2) is 0 Å². The number of unbranched alkanes of at least 4 members (excludes halogenated alkanes) is 8. The van der Waals surface area contributed by atoms with E-state index >= 15 is 0 Å². The molecule has 0 saturated heterocycles. The van der Waals surface area contributed by atoms with Crippen molar-refractivity contribution in [3.8, 4) is 0 Å². The van der Waals surface area contributed by atoms with E-state index in [0.717, 1.165) is 25.7 Å². The molecule has 0 aromatic carbocycles. The lowest BCUT2D eigenvalue weighted by Gasteiger charge is -2.30. The third-order valence-corrected chi connectivity index (χ3v) is 4.48. The molecule has 3 heteroatoms. The molecule has 0 saturated carbocycles. The second-order valence-corrected chi connectivity index (χ2v) is 6.15. The summed E-state index contributed by atoms with van der Waals surface area (Å²) in [6, 6.07) is 0. The third kappa shape index (κ3) is 9.89. The molecule has 21 heavy (non-hydrogen) atoms. The zero-order valence-electron chi connectivity index (χ0n) is 14.6. The van der Waals surface area contributed by atoms with Crippen LogP contribution in [0.4, 0.5) is 0 Å². The van der Waals surface area contributed by atoms with E-state index in [1.807, 2.05) is 13.8 Å². The second kappa shape index (κ2) is 13.1. The lowest BCUT2D eigenvalue weighted by molar-refractivity contribution is -0.159. The smallest absolute Gasteiger partial charge is 0.306 e. The van der Waals surface area contributed by atoms with Crippen LogP contribution in [0.1, 0.15) is 97.8 Å². The molecule has 0 heterocycles. The number of carbonyl (C=O) groups is 1. The van der Waals surface area contributed by atoms with E-state index in [1.165, 1.54) is 44.9 Å². The average molecular weight is 299 g/mol. The topological polar surface area (TPSA) is 52.3 Å². The van der Waals surface area contributed by atoms with Crippen LogP contribution in [0.15, 0.2) is 0 Å². The Morgan fingerprint density at radius 3 is 1.76 bits per heavy atom. The standard InChI is InChI=1S/C18H37NO2/c1-4-7-8-9-10-11-12-13-14-15-17(20)21-18(5-2,6-3)16-19/h4-16,19H2,1-3H3. The molecule has 0 unspecified atom stereocenters. The van der Waals surface area contributed by atoms with Gasteiger partial charge < -0.3 is 10.5 Å². The van der Waals surface area contributed by atoms with Gasteiger partial charge in [0.2, 0.25) is 0 Å². The number of ether oxygens (including phenoxy) is 1. The highest BCUT2D eigenvalue weighted by Crippen LogP contribution is 2.20. The van der Waals surface area contributed by atoms with Gasteiger partial charge in [0.25, 0.3) is 0 Å². The van der Waals surface area contributed by atoms with Gasteiger partial charge in [0, 0.05) is 13.0 Å². The highest BCUT2D eigenvalue weighted by atomic mass is 16.6. The van der Waals surface area contributed by atoms with E-state index in [1.54, 1.807) is 0 Å². The molecule has 0 aromatic heterocycles. The summed E-state index contributed by atoms with van der Waals surface area (Å²) in [6.07, 6.45) is 13.5. The molecule has 0 radical (unpaired) electrons. The van der Waals surface area contributed by atoms with E-state index in [2.05, 4.69) is 6.92 Å². The summed E-state index contributed by atoms with van der Waals surface area (Å²) in [5.41, 5.74) is 5.31. The monoisotopic (exact) mass is 299 g/mol. The molecule has 0 aliphatic heterocycles. The van der Waals surface area contributed by atoms with Crippen LogP contribution >= 0.6 is 0 Å². The summed E-state index contributed by atoms with van der Waals surface area (Å²) >= 11 is 0. The molecular weight excluding hydrogens is 262 g/mol. The van der Waals surface area contributed by atoms with Crippen molar-refractivity contribution in [1.29, 1.82) is 0 Å². The zero-order chi connectivity index (χ0) is 16.0. The van der Waals surface area contributed by atoms with Gasteiger partial charge in [-0.2, -0.15) is 0 Å². The minimum atomic E-state index is -0.434. The maximum atomic E-state index is 11.9. The number of hydrogen-bond acceptors (Lipinski definition) is 3. The summed E-state index contributed by atoms with van der Waals surface area (Å²) in [5, 5.41) is 0. The van der Waals surface area contributed by atoms with E-state index in [4.69, 9.17) is 10.5 Å². The second-order valence-electron chi connectivity index (χ2n) is 6.15. The lowest BCUT2D eigenvalue weighted by Crippen LogP contribution is -2.41. The van der Waals surface area contributed by atoms with Crippen LogP contribution in [0, 0.1) is 0 Å². The van der Waals surface area contributed by atoms with Crippen molar-refractivity contribution >= 4 is 5.97 Å². The third-order valence-electron chi connectivity index (χ3n) is 4.48. The maximum absolute atomic E-state index is 11.9. The molecule has 0 amide bonds. The maximum Gasteiger partial charge on any atom is 0.306 e. The Morgan fingerprint density at radius 1 is 0.857 bits per heavy atom. The molecule has 0 aromatic rings. The number of nitrogens with two attached hydrogens (primary N) is 1. The Kier molecular flexibility index (Phi) is 12.8. The lowest BCUT2D eigenvalue weighted by atomic mass is 9.97. The predicted octanol–water partition coefficient (Wildman–Crippen LogP) is 4.97. The van der Waals surface area contributed by atoms with E-state index in [-0.39, 0.29) is 5.97 Å². The summed E-state index contributed by atoms with van der Waals surface area (Å²) < 4.78 is 5.59. The van der Waals surface area contributed by atoms with Gasteiger partial charge >= 0.3 is 5.97 Å². The summed E-state index contributed by atoms with van der Waals surface area (Å²) in [4.78, 5) is 11.9. The van der Waals surface area contributed by atoms with Crippen LogP contribution in [-0.4, -0.2) is 18.1 Å². The van der Waals surface area contributed by atoms with Crippen molar-refractivity contribution in [2.75, 3.05) is 6.54 Å². The molecule has 0 aliphatic carbocycles. The Bertz CT molecular complexity index is 241. The largest absolute Gasteiger partial charge is 0.458 e. The Hall–Kier alpha value is -0.570.